The van der Waals surface area contributed by atoms with E-state index < -0.39 is 0 Å². The molecule has 0 atom stereocenters. The number of nitrogens with two attached hydrogens (primary N) is 1. The van der Waals surface area contributed by atoms with Gasteiger partial charge in [0.15, 0.2) is 0 Å². The van der Waals surface area contributed by atoms with Crippen LogP contribution in [-0.2, 0) is 13.0 Å². The van der Waals surface area contributed by atoms with Crippen LogP contribution in [0.1, 0.15) is 34.2 Å². The van der Waals surface area contributed by atoms with E-state index in [2.05, 4.69) is 46.4 Å². The highest BCUT2D eigenvalue weighted by atomic mass is 16.5. The number of hydrogen-bond donors (Lipinski definition) is 2. The second-order valence-electron chi connectivity index (χ2n) is 9.76. The van der Waals surface area contributed by atoms with Crippen LogP contribution in [0.2, 0.25) is 0 Å². The monoisotopic (exact) mass is 494 g/mol. The summed E-state index contributed by atoms with van der Waals surface area (Å²) in [4.78, 5) is 4.77. The van der Waals surface area contributed by atoms with Crippen LogP contribution >= 0.6 is 0 Å². The summed E-state index contributed by atoms with van der Waals surface area (Å²) in [5.74, 6) is 1.59. The van der Waals surface area contributed by atoms with Gasteiger partial charge in [-0.3, -0.25) is 4.90 Å². The van der Waals surface area contributed by atoms with Crippen molar-refractivity contribution in [2.24, 2.45) is 0 Å². The number of nitriles is 2. The van der Waals surface area contributed by atoms with Crippen LogP contribution < -0.4 is 15.8 Å². The molecule has 0 amide bonds. The van der Waals surface area contributed by atoms with Crippen LogP contribution in [-0.4, -0.2) is 43.0 Å². The minimum Gasteiger partial charge on any atom is -0.456 e. The second-order valence-corrected chi connectivity index (χ2v) is 9.76. The smallest absolute Gasteiger partial charge is 0.134 e. The molecule has 1 aliphatic rings. The lowest BCUT2D eigenvalue weighted by atomic mass is 10.0. The van der Waals surface area contributed by atoms with Gasteiger partial charge in [-0.05, 0) is 74.3 Å². The van der Waals surface area contributed by atoms with E-state index in [9.17, 15) is 0 Å². The van der Waals surface area contributed by atoms with Gasteiger partial charge < -0.3 is 20.7 Å². The number of hydrogen-bond acceptors (Lipinski definition) is 7. The van der Waals surface area contributed by atoms with Gasteiger partial charge in [0.25, 0.3) is 0 Å². The average molecular weight is 495 g/mol. The third-order valence-corrected chi connectivity index (χ3v) is 6.77. The standard InChI is InChI=1S/C30H34N6O/c1-21-15-24(5-4-10-31)16-22(2)30(21)37-29-18-28(34-26-8-6-23(19-32)7-9-26)27(33)17-25(29)20-36-13-11-35(3)12-14-36/h6-9,15-18,34H,4-5,11-14,20,33H2,1-3H3. The third-order valence-electron chi connectivity index (χ3n) is 6.77. The molecule has 1 fully saturated rings. The summed E-state index contributed by atoms with van der Waals surface area (Å²) in [6.45, 7) is 8.90. The van der Waals surface area contributed by atoms with Crippen molar-refractivity contribution in [3.8, 4) is 23.6 Å². The maximum Gasteiger partial charge on any atom is 0.134 e. The lowest BCUT2D eigenvalue weighted by molar-refractivity contribution is 0.147. The fraction of sp³-hybridized carbons (Fsp3) is 0.333. The molecule has 4 rings (SSSR count). The van der Waals surface area contributed by atoms with Gasteiger partial charge in [-0.25, -0.2) is 0 Å². The van der Waals surface area contributed by atoms with E-state index in [0.717, 1.165) is 84.3 Å². The van der Waals surface area contributed by atoms with Crippen LogP contribution in [0.5, 0.6) is 11.5 Å². The van der Waals surface area contributed by atoms with Crippen molar-refractivity contribution in [3.05, 3.63) is 76.3 Å². The summed E-state index contributed by atoms with van der Waals surface area (Å²) in [6.07, 6.45) is 1.23. The maximum absolute atomic E-state index is 9.10. The number of benzene rings is 3. The van der Waals surface area contributed by atoms with Crippen LogP contribution in [0.25, 0.3) is 0 Å². The van der Waals surface area contributed by atoms with Crippen molar-refractivity contribution in [1.29, 1.82) is 10.5 Å². The van der Waals surface area contributed by atoms with Gasteiger partial charge in [0.2, 0.25) is 0 Å². The molecule has 0 radical (unpaired) electrons. The van der Waals surface area contributed by atoms with E-state index in [1.54, 1.807) is 12.1 Å². The first-order chi connectivity index (χ1) is 17.9. The van der Waals surface area contributed by atoms with Gasteiger partial charge in [-0.15, -0.1) is 0 Å². The highest BCUT2D eigenvalue weighted by molar-refractivity contribution is 5.76. The third kappa shape index (κ3) is 6.59. The topological polar surface area (TPSA) is 101 Å². The quantitative estimate of drug-likeness (QED) is 0.399. The number of nitrogens with zero attached hydrogens (tertiary/aromatic N) is 4. The van der Waals surface area contributed by atoms with Crippen molar-refractivity contribution in [2.75, 3.05) is 44.3 Å². The summed E-state index contributed by atoms with van der Waals surface area (Å²) in [5.41, 5.74) is 13.6. The zero-order chi connectivity index (χ0) is 26.4. The Labute approximate surface area is 219 Å². The first-order valence-corrected chi connectivity index (χ1v) is 12.6. The summed E-state index contributed by atoms with van der Waals surface area (Å²) in [6, 6.07) is 19.8. The lowest BCUT2D eigenvalue weighted by Gasteiger charge is -2.33. The number of ether oxygens (including phenoxy) is 1. The molecule has 0 unspecified atom stereocenters. The fourth-order valence-electron chi connectivity index (χ4n) is 4.66. The first kappa shape index (κ1) is 26.0. The molecule has 7 nitrogen and oxygen atoms in total. The number of piperazine rings is 1. The predicted octanol–water partition coefficient (Wildman–Crippen LogP) is 5.50. The molecule has 3 aromatic rings. The molecule has 0 aliphatic carbocycles. The van der Waals surface area contributed by atoms with Crippen LogP contribution in [0.4, 0.5) is 17.1 Å². The number of aryl methyl sites for hydroxylation is 3. The molecule has 0 bridgehead atoms. The molecule has 1 heterocycles. The van der Waals surface area contributed by atoms with Gasteiger partial charge in [-0.2, -0.15) is 10.5 Å². The van der Waals surface area contributed by atoms with E-state index in [1.807, 2.05) is 38.1 Å². The van der Waals surface area contributed by atoms with Crippen LogP contribution in [0, 0.1) is 36.5 Å². The molecule has 0 saturated carbocycles. The summed E-state index contributed by atoms with van der Waals surface area (Å²) >= 11 is 0. The van der Waals surface area contributed by atoms with Crippen molar-refractivity contribution in [3.63, 3.8) is 0 Å². The van der Waals surface area contributed by atoms with E-state index >= 15 is 0 Å². The zero-order valence-electron chi connectivity index (χ0n) is 21.8. The first-order valence-electron chi connectivity index (χ1n) is 12.6. The largest absolute Gasteiger partial charge is 0.456 e. The van der Waals surface area contributed by atoms with E-state index in [4.69, 9.17) is 21.0 Å². The van der Waals surface area contributed by atoms with Gasteiger partial charge in [-0.1, -0.05) is 12.1 Å². The van der Waals surface area contributed by atoms with Gasteiger partial charge >= 0.3 is 0 Å². The Morgan fingerprint density at radius 1 is 0.973 bits per heavy atom. The normalized spacial score (nSPS) is 14.1. The fourth-order valence-corrected chi connectivity index (χ4v) is 4.66. The van der Waals surface area contributed by atoms with Crippen molar-refractivity contribution < 1.29 is 4.74 Å². The zero-order valence-corrected chi connectivity index (χ0v) is 21.8. The second kappa shape index (κ2) is 11.8. The van der Waals surface area contributed by atoms with Gasteiger partial charge in [0.1, 0.15) is 11.5 Å². The Bertz CT molecular complexity index is 1300. The van der Waals surface area contributed by atoms with Crippen LogP contribution in [0.3, 0.4) is 0 Å². The Morgan fingerprint density at radius 3 is 2.27 bits per heavy atom. The molecule has 1 saturated heterocycles. The summed E-state index contributed by atoms with van der Waals surface area (Å²) in [5, 5.41) is 21.4. The predicted molar refractivity (Wildman–Crippen MR) is 148 cm³/mol. The van der Waals surface area contributed by atoms with Gasteiger partial charge in [0.05, 0.1) is 29.1 Å². The molecule has 3 N–H and O–H groups in total. The lowest BCUT2D eigenvalue weighted by Crippen LogP contribution is -2.43. The maximum atomic E-state index is 9.10. The summed E-state index contributed by atoms with van der Waals surface area (Å²) < 4.78 is 6.62. The van der Waals surface area contributed by atoms with Crippen molar-refractivity contribution in [1.82, 2.24) is 9.80 Å². The number of likely N-dealkylation sites (N-methyl/N-ethyl adjacent to an activating group) is 1. The number of anilines is 3. The van der Waals surface area contributed by atoms with E-state index in [0.29, 0.717) is 17.7 Å². The molecule has 37 heavy (non-hydrogen) atoms. The van der Waals surface area contributed by atoms with Crippen molar-refractivity contribution >= 4 is 17.1 Å². The van der Waals surface area contributed by atoms with Crippen molar-refractivity contribution in [2.45, 2.75) is 33.2 Å². The average Bonchev–Trinajstić information content (AvgIpc) is 2.89. The molecule has 190 valence electrons. The molecule has 0 spiro atoms. The molecule has 7 heteroatoms. The highest BCUT2D eigenvalue weighted by Gasteiger charge is 2.19. The minimum atomic E-state index is 0.497. The summed E-state index contributed by atoms with van der Waals surface area (Å²) in [7, 11) is 2.15. The SMILES string of the molecule is Cc1cc(CCC#N)cc(C)c1Oc1cc(Nc2ccc(C#N)cc2)c(N)cc1CN1CCN(C)CC1. The molecule has 1 aliphatic heterocycles. The number of nitrogen functional groups attached to an aromatic ring is 1. The number of rotatable bonds is 8. The molecular formula is C30H34N6O. The molecule has 3 aromatic carbocycles. The Morgan fingerprint density at radius 2 is 1.65 bits per heavy atom. The van der Waals surface area contributed by atoms with Crippen LogP contribution in [0.15, 0.2) is 48.5 Å². The highest BCUT2D eigenvalue weighted by Crippen LogP contribution is 2.37. The number of nitrogens with one attached hydrogen (secondary N) is 1. The Kier molecular flexibility index (Phi) is 8.30. The van der Waals surface area contributed by atoms with Gasteiger partial charge in [0, 0.05) is 56.5 Å². The Hall–Kier alpha value is -4.04. The van der Waals surface area contributed by atoms with E-state index in [-0.39, 0.29) is 0 Å². The Balaban J connectivity index is 1.67. The molecule has 0 aromatic heterocycles. The van der Waals surface area contributed by atoms with E-state index in [1.165, 1.54) is 0 Å². The molecular weight excluding hydrogens is 460 g/mol. The minimum absolute atomic E-state index is 0.497.